The molecule has 7 heteroatoms. The first-order valence-corrected chi connectivity index (χ1v) is 12.2. The van der Waals surface area contributed by atoms with E-state index in [0.29, 0.717) is 32.4 Å². The van der Waals surface area contributed by atoms with Crippen LogP contribution in [0.5, 0.6) is 0 Å². The number of carbonyl (C=O) groups is 2. The van der Waals surface area contributed by atoms with Gasteiger partial charge in [0.2, 0.25) is 5.91 Å². The maximum Gasteiger partial charge on any atom is 0.404 e. The number of hydrogen-bond donors (Lipinski definition) is 1. The number of thiophene rings is 2. The third-order valence-corrected chi connectivity index (χ3v) is 6.68. The van der Waals surface area contributed by atoms with Crippen molar-refractivity contribution in [3.05, 3.63) is 80.7 Å². The van der Waals surface area contributed by atoms with Gasteiger partial charge < -0.3 is 15.4 Å². The van der Waals surface area contributed by atoms with E-state index < -0.39 is 6.09 Å². The summed E-state index contributed by atoms with van der Waals surface area (Å²) >= 11 is 3.34. The molecule has 2 aromatic heterocycles. The lowest BCUT2D eigenvalue weighted by molar-refractivity contribution is -0.132. The van der Waals surface area contributed by atoms with Crippen LogP contribution in [0, 0.1) is 0 Å². The summed E-state index contributed by atoms with van der Waals surface area (Å²) in [7, 11) is 0. The van der Waals surface area contributed by atoms with E-state index in [9.17, 15) is 9.59 Å². The Labute approximate surface area is 191 Å². The van der Waals surface area contributed by atoms with Crippen molar-refractivity contribution in [2.45, 2.75) is 51.3 Å². The number of primary amides is 1. The number of carbonyl (C=O) groups excluding carboxylic acids is 2. The van der Waals surface area contributed by atoms with Crippen molar-refractivity contribution >= 4 is 34.7 Å². The van der Waals surface area contributed by atoms with Gasteiger partial charge in [-0.05, 0) is 47.7 Å². The zero-order chi connectivity index (χ0) is 21.9. The van der Waals surface area contributed by atoms with Crippen LogP contribution in [-0.4, -0.2) is 23.0 Å². The van der Waals surface area contributed by atoms with E-state index in [2.05, 4.69) is 12.1 Å². The average Bonchev–Trinajstić information content (AvgIpc) is 3.45. The number of rotatable bonds is 12. The van der Waals surface area contributed by atoms with Gasteiger partial charge in [0.15, 0.2) is 0 Å². The van der Waals surface area contributed by atoms with Crippen molar-refractivity contribution in [3.8, 4) is 0 Å². The number of nitrogens with two attached hydrogens (primary N) is 1. The number of unbranched alkanes of at least 4 members (excludes halogenated alkanes) is 1. The quantitative estimate of drug-likeness (QED) is 0.360. The second kappa shape index (κ2) is 12.3. The lowest BCUT2D eigenvalue weighted by atomic mass is 10.0. The summed E-state index contributed by atoms with van der Waals surface area (Å²) in [4.78, 5) is 28.5. The van der Waals surface area contributed by atoms with E-state index in [1.54, 1.807) is 22.7 Å². The van der Waals surface area contributed by atoms with Gasteiger partial charge >= 0.3 is 6.09 Å². The van der Waals surface area contributed by atoms with E-state index >= 15 is 0 Å². The predicted octanol–water partition coefficient (Wildman–Crippen LogP) is 5.61. The van der Waals surface area contributed by atoms with Gasteiger partial charge in [0, 0.05) is 22.6 Å². The first-order chi connectivity index (χ1) is 15.1. The highest BCUT2D eigenvalue weighted by Gasteiger charge is 2.17. The SMILES string of the molecule is NC(=O)OC(CCCCC(=O)N(Cc1cccs1)Cc1cccs1)Cc1ccccc1. The lowest BCUT2D eigenvalue weighted by Gasteiger charge is -2.22. The van der Waals surface area contributed by atoms with E-state index in [1.165, 1.54) is 9.75 Å². The van der Waals surface area contributed by atoms with Gasteiger partial charge in [0.1, 0.15) is 6.10 Å². The number of ether oxygens (including phenoxy) is 1. The molecule has 3 aromatic rings. The molecule has 1 unspecified atom stereocenters. The molecular weight excluding hydrogens is 428 g/mol. The number of hydrogen-bond acceptors (Lipinski definition) is 5. The molecule has 164 valence electrons. The number of benzene rings is 1. The monoisotopic (exact) mass is 456 g/mol. The molecule has 0 bridgehead atoms. The van der Waals surface area contributed by atoms with Gasteiger partial charge in [-0.15, -0.1) is 22.7 Å². The van der Waals surface area contributed by atoms with Gasteiger partial charge in [-0.3, -0.25) is 4.79 Å². The minimum Gasteiger partial charge on any atom is -0.446 e. The van der Waals surface area contributed by atoms with Crippen LogP contribution in [0.15, 0.2) is 65.4 Å². The average molecular weight is 457 g/mol. The van der Waals surface area contributed by atoms with Crippen LogP contribution in [0.2, 0.25) is 0 Å². The van der Waals surface area contributed by atoms with Crippen molar-refractivity contribution in [1.29, 1.82) is 0 Å². The molecule has 0 aliphatic carbocycles. The van der Waals surface area contributed by atoms with Crippen LogP contribution in [0.4, 0.5) is 4.79 Å². The van der Waals surface area contributed by atoms with E-state index in [0.717, 1.165) is 18.4 Å². The summed E-state index contributed by atoms with van der Waals surface area (Å²) in [5, 5.41) is 4.07. The fraction of sp³-hybridized carbons (Fsp3) is 0.333. The zero-order valence-corrected chi connectivity index (χ0v) is 19.1. The summed E-state index contributed by atoms with van der Waals surface area (Å²) in [6.07, 6.45) is 2.30. The normalized spacial score (nSPS) is 11.7. The van der Waals surface area contributed by atoms with Crippen molar-refractivity contribution in [2.75, 3.05) is 0 Å². The van der Waals surface area contributed by atoms with Crippen LogP contribution >= 0.6 is 22.7 Å². The van der Waals surface area contributed by atoms with Crippen molar-refractivity contribution in [2.24, 2.45) is 5.73 Å². The van der Waals surface area contributed by atoms with E-state index in [-0.39, 0.29) is 12.0 Å². The third-order valence-electron chi connectivity index (χ3n) is 4.96. The molecule has 1 atom stereocenters. The first-order valence-electron chi connectivity index (χ1n) is 10.4. The molecule has 0 radical (unpaired) electrons. The lowest BCUT2D eigenvalue weighted by Crippen LogP contribution is -2.29. The van der Waals surface area contributed by atoms with Gasteiger partial charge in [0.25, 0.3) is 0 Å². The highest BCUT2D eigenvalue weighted by Crippen LogP contribution is 2.19. The van der Waals surface area contributed by atoms with Crippen LogP contribution in [0.1, 0.15) is 41.0 Å². The summed E-state index contributed by atoms with van der Waals surface area (Å²) < 4.78 is 5.30. The van der Waals surface area contributed by atoms with Crippen molar-refractivity contribution < 1.29 is 14.3 Å². The summed E-state index contributed by atoms with van der Waals surface area (Å²) in [6, 6.07) is 18.1. The fourth-order valence-corrected chi connectivity index (χ4v) is 4.90. The first kappa shape index (κ1) is 23.0. The summed E-state index contributed by atoms with van der Waals surface area (Å²) in [5.41, 5.74) is 6.35. The Hall–Kier alpha value is -2.64. The van der Waals surface area contributed by atoms with Gasteiger partial charge in [-0.25, -0.2) is 4.79 Å². The minimum atomic E-state index is -0.755. The fourth-order valence-electron chi connectivity index (χ4n) is 3.46. The van der Waals surface area contributed by atoms with Crippen LogP contribution in [0.3, 0.4) is 0 Å². The molecule has 31 heavy (non-hydrogen) atoms. The maximum atomic E-state index is 12.9. The summed E-state index contributed by atoms with van der Waals surface area (Å²) in [6.45, 7) is 1.27. The molecule has 2 heterocycles. The Morgan fingerprint density at radius 3 is 2.10 bits per heavy atom. The van der Waals surface area contributed by atoms with Crippen LogP contribution in [-0.2, 0) is 29.0 Å². The molecule has 2 amide bonds. The molecule has 1 aromatic carbocycles. The topological polar surface area (TPSA) is 72.6 Å². The van der Waals surface area contributed by atoms with E-state index in [4.69, 9.17) is 10.5 Å². The van der Waals surface area contributed by atoms with Crippen molar-refractivity contribution in [1.82, 2.24) is 4.90 Å². The Kier molecular flexibility index (Phi) is 9.12. The predicted molar refractivity (Wildman–Crippen MR) is 126 cm³/mol. The highest BCUT2D eigenvalue weighted by atomic mass is 32.1. The van der Waals surface area contributed by atoms with Gasteiger partial charge in [0.05, 0.1) is 13.1 Å². The largest absolute Gasteiger partial charge is 0.446 e. The Morgan fingerprint density at radius 2 is 1.55 bits per heavy atom. The molecule has 0 fully saturated rings. The maximum absolute atomic E-state index is 12.9. The van der Waals surface area contributed by atoms with Crippen LogP contribution in [0.25, 0.3) is 0 Å². The molecule has 0 spiro atoms. The zero-order valence-electron chi connectivity index (χ0n) is 17.4. The Balaban J connectivity index is 1.49. The molecule has 0 saturated carbocycles. The van der Waals surface area contributed by atoms with Gasteiger partial charge in [-0.2, -0.15) is 0 Å². The van der Waals surface area contributed by atoms with Gasteiger partial charge in [-0.1, -0.05) is 42.5 Å². The van der Waals surface area contributed by atoms with E-state index in [1.807, 2.05) is 58.1 Å². The second-order valence-corrected chi connectivity index (χ2v) is 9.47. The molecule has 0 aliphatic heterocycles. The standard InChI is InChI=1S/C24H28N2O3S2/c25-24(28)29-20(16-19-8-2-1-3-9-19)10-4-5-13-23(27)26(17-21-11-6-14-30-21)18-22-12-7-15-31-22/h1-3,6-9,11-12,14-15,20H,4-5,10,13,16-18H2,(H2,25,28). The molecular formula is C24H28N2O3S2. The molecule has 0 aliphatic rings. The third kappa shape index (κ3) is 8.19. The highest BCUT2D eigenvalue weighted by molar-refractivity contribution is 7.10. The Morgan fingerprint density at radius 1 is 0.903 bits per heavy atom. The molecule has 0 saturated heterocycles. The second-order valence-electron chi connectivity index (χ2n) is 7.40. The number of amides is 2. The molecule has 2 N–H and O–H groups in total. The minimum absolute atomic E-state index is 0.150. The van der Waals surface area contributed by atoms with Crippen LogP contribution < -0.4 is 5.73 Å². The molecule has 5 nitrogen and oxygen atoms in total. The smallest absolute Gasteiger partial charge is 0.404 e. The van der Waals surface area contributed by atoms with Crippen molar-refractivity contribution in [3.63, 3.8) is 0 Å². The Bertz CT molecular complexity index is 875. The molecule has 3 rings (SSSR count). The summed E-state index contributed by atoms with van der Waals surface area (Å²) in [5.74, 6) is 0.150. The number of nitrogens with zero attached hydrogens (tertiary/aromatic N) is 1.